The Balaban J connectivity index is 1.65. The van der Waals surface area contributed by atoms with Crippen molar-refractivity contribution in [3.05, 3.63) is 72.4 Å². The molecule has 0 spiro atoms. The highest BCUT2D eigenvalue weighted by Crippen LogP contribution is 2.22. The molecule has 0 aliphatic rings. The average Bonchev–Trinajstić information content (AvgIpc) is 2.97. The minimum atomic E-state index is -0.384. The molecule has 2 aromatic carbocycles. The molecular weight excluding hydrogens is 280 g/mol. The van der Waals surface area contributed by atoms with Crippen molar-refractivity contribution >= 4 is 11.6 Å². The molecule has 0 atom stereocenters. The number of aryl methyl sites for hydroxylation is 1. The minimum Gasteiger partial charge on any atom is -0.457 e. The van der Waals surface area contributed by atoms with Gasteiger partial charge in [0.15, 0.2) is 0 Å². The number of hydrogen-bond donors (Lipinski definition) is 1. The van der Waals surface area contributed by atoms with Crippen LogP contribution in [0.2, 0.25) is 0 Å². The number of para-hydroxylation sites is 1. The van der Waals surface area contributed by atoms with Gasteiger partial charge in [-0.15, -0.1) is 0 Å². The van der Waals surface area contributed by atoms with Crippen LogP contribution in [0.25, 0.3) is 0 Å². The predicted octanol–water partition coefficient (Wildman–Crippen LogP) is 4.03. The van der Waals surface area contributed by atoms with Crippen molar-refractivity contribution in [1.82, 2.24) is 4.98 Å². The van der Waals surface area contributed by atoms with Gasteiger partial charge in [0.25, 0.3) is 5.89 Å². The Kier molecular flexibility index (Phi) is 3.87. The Hall–Kier alpha value is -3.08. The number of anilines is 1. The molecule has 0 aliphatic heterocycles. The van der Waals surface area contributed by atoms with Crippen LogP contribution in [0, 0.1) is 6.92 Å². The molecule has 0 aliphatic carbocycles. The Morgan fingerprint density at radius 3 is 2.36 bits per heavy atom. The number of ether oxygens (including phenoxy) is 1. The van der Waals surface area contributed by atoms with E-state index in [9.17, 15) is 4.79 Å². The highest BCUT2D eigenvalue weighted by atomic mass is 16.5. The lowest BCUT2D eigenvalue weighted by Crippen LogP contribution is -2.11. The molecule has 3 rings (SSSR count). The number of oxazole rings is 1. The summed E-state index contributed by atoms with van der Waals surface area (Å²) >= 11 is 0. The predicted molar refractivity (Wildman–Crippen MR) is 82.2 cm³/mol. The Morgan fingerprint density at radius 2 is 1.73 bits per heavy atom. The van der Waals surface area contributed by atoms with E-state index in [0.717, 1.165) is 5.75 Å². The first-order valence-electron chi connectivity index (χ1n) is 6.77. The largest absolute Gasteiger partial charge is 0.457 e. The molecule has 0 saturated carbocycles. The number of amides is 1. The molecule has 1 amide bonds. The number of aromatic nitrogens is 1. The molecule has 5 nitrogen and oxygen atoms in total. The van der Waals surface area contributed by atoms with Gasteiger partial charge in [0.1, 0.15) is 17.3 Å². The van der Waals surface area contributed by atoms with Gasteiger partial charge in [-0.2, -0.15) is 0 Å². The van der Waals surface area contributed by atoms with Gasteiger partial charge in [0.2, 0.25) is 0 Å². The molecule has 0 unspecified atom stereocenters. The second kappa shape index (κ2) is 6.13. The highest BCUT2D eigenvalue weighted by Gasteiger charge is 2.12. The van der Waals surface area contributed by atoms with Crippen molar-refractivity contribution in [3.63, 3.8) is 0 Å². The molecule has 1 aromatic heterocycles. The number of nitrogens with one attached hydrogen (secondary N) is 1. The van der Waals surface area contributed by atoms with Gasteiger partial charge in [-0.3, -0.25) is 4.79 Å². The summed E-state index contributed by atoms with van der Waals surface area (Å²) < 4.78 is 10.9. The molecule has 5 heteroatoms. The number of rotatable bonds is 4. The third kappa shape index (κ3) is 3.32. The summed E-state index contributed by atoms with van der Waals surface area (Å²) in [5.41, 5.74) is 0.640. The fourth-order valence-corrected chi connectivity index (χ4v) is 1.88. The maximum atomic E-state index is 11.9. The van der Waals surface area contributed by atoms with Crippen molar-refractivity contribution in [3.8, 4) is 11.5 Å². The smallest absolute Gasteiger partial charge is 0.311 e. The maximum absolute atomic E-state index is 11.9. The number of carbonyl (C=O) groups is 1. The summed E-state index contributed by atoms with van der Waals surface area (Å²) in [4.78, 5) is 15.8. The lowest BCUT2D eigenvalue weighted by molar-refractivity contribution is 0.0989. The van der Waals surface area contributed by atoms with Crippen LogP contribution >= 0.6 is 0 Å². The van der Waals surface area contributed by atoms with E-state index in [1.165, 1.54) is 6.20 Å². The van der Waals surface area contributed by atoms with E-state index in [2.05, 4.69) is 10.3 Å². The van der Waals surface area contributed by atoms with Crippen LogP contribution in [0.5, 0.6) is 11.5 Å². The fraction of sp³-hybridized carbons (Fsp3) is 0.0588. The summed E-state index contributed by atoms with van der Waals surface area (Å²) in [6.07, 6.45) is 1.51. The van der Waals surface area contributed by atoms with Gasteiger partial charge in [0, 0.05) is 5.69 Å². The molecule has 1 heterocycles. The number of hydrogen-bond acceptors (Lipinski definition) is 4. The third-order valence-electron chi connectivity index (χ3n) is 2.91. The van der Waals surface area contributed by atoms with E-state index in [1.54, 1.807) is 31.2 Å². The molecule has 0 bridgehead atoms. The first-order chi connectivity index (χ1) is 10.7. The molecule has 0 radical (unpaired) electrons. The van der Waals surface area contributed by atoms with Gasteiger partial charge < -0.3 is 14.5 Å². The van der Waals surface area contributed by atoms with Crippen LogP contribution in [-0.4, -0.2) is 10.9 Å². The van der Waals surface area contributed by atoms with Crippen molar-refractivity contribution in [1.29, 1.82) is 0 Å². The molecule has 0 fully saturated rings. The van der Waals surface area contributed by atoms with E-state index >= 15 is 0 Å². The molecule has 1 N–H and O–H groups in total. The van der Waals surface area contributed by atoms with Crippen LogP contribution in [0.15, 0.2) is 65.2 Å². The zero-order valence-corrected chi connectivity index (χ0v) is 11.9. The summed E-state index contributed by atoms with van der Waals surface area (Å²) in [5, 5.41) is 2.71. The van der Waals surface area contributed by atoms with Crippen molar-refractivity contribution in [2.24, 2.45) is 0 Å². The second-order valence-corrected chi connectivity index (χ2v) is 4.67. The first kappa shape index (κ1) is 13.9. The summed E-state index contributed by atoms with van der Waals surface area (Å²) in [6, 6.07) is 16.6. The SMILES string of the molecule is Cc1cnc(C(=O)Nc2ccc(Oc3ccccc3)cc2)o1. The maximum Gasteiger partial charge on any atom is 0.311 e. The first-order valence-corrected chi connectivity index (χ1v) is 6.77. The van der Waals surface area contributed by atoms with Gasteiger partial charge in [-0.1, -0.05) is 18.2 Å². The second-order valence-electron chi connectivity index (χ2n) is 4.67. The van der Waals surface area contributed by atoms with Crippen LogP contribution < -0.4 is 10.1 Å². The summed E-state index contributed by atoms with van der Waals surface area (Å²) in [7, 11) is 0. The van der Waals surface area contributed by atoms with Gasteiger partial charge in [0.05, 0.1) is 6.20 Å². The summed E-state index contributed by atoms with van der Waals surface area (Å²) in [6.45, 7) is 1.74. The fourth-order valence-electron chi connectivity index (χ4n) is 1.88. The van der Waals surface area contributed by atoms with Crippen LogP contribution in [-0.2, 0) is 0 Å². The zero-order chi connectivity index (χ0) is 15.4. The topological polar surface area (TPSA) is 64.4 Å². The van der Waals surface area contributed by atoms with Gasteiger partial charge in [-0.05, 0) is 43.3 Å². The molecule has 22 heavy (non-hydrogen) atoms. The normalized spacial score (nSPS) is 10.2. The number of benzene rings is 2. The van der Waals surface area contributed by atoms with E-state index < -0.39 is 0 Å². The van der Waals surface area contributed by atoms with E-state index in [-0.39, 0.29) is 11.8 Å². The van der Waals surface area contributed by atoms with Crippen LogP contribution in [0.3, 0.4) is 0 Å². The lowest BCUT2D eigenvalue weighted by atomic mass is 10.3. The van der Waals surface area contributed by atoms with Gasteiger partial charge in [-0.25, -0.2) is 4.98 Å². The Bertz CT molecular complexity index is 764. The van der Waals surface area contributed by atoms with Crippen molar-refractivity contribution < 1.29 is 13.9 Å². The average molecular weight is 294 g/mol. The van der Waals surface area contributed by atoms with Crippen LogP contribution in [0.1, 0.15) is 16.4 Å². The van der Waals surface area contributed by atoms with Crippen molar-refractivity contribution in [2.45, 2.75) is 6.92 Å². The third-order valence-corrected chi connectivity index (χ3v) is 2.91. The van der Waals surface area contributed by atoms with Crippen LogP contribution in [0.4, 0.5) is 5.69 Å². The Labute approximate surface area is 127 Å². The van der Waals surface area contributed by atoms with Crippen molar-refractivity contribution in [2.75, 3.05) is 5.32 Å². The van der Waals surface area contributed by atoms with E-state index in [0.29, 0.717) is 17.2 Å². The zero-order valence-electron chi connectivity index (χ0n) is 11.9. The lowest BCUT2D eigenvalue weighted by Gasteiger charge is -2.07. The minimum absolute atomic E-state index is 0.0436. The molecule has 110 valence electrons. The monoisotopic (exact) mass is 294 g/mol. The highest BCUT2D eigenvalue weighted by molar-refractivity contribution is 6.00. The number of carbonyl (C=O) groups excluding carboxylic acids is 1. The van der Waals surface area contributed by atoms with Gasteiger partial charge >= 0.3 is 5.91 Å². The molecule has 0 saturated heterocycles. The molecule has 3 aromatic rings. The molecular formula is C17H14N2O3. The Morgan fingerprint density at radius 1 is 1.05 bits per heavy atom. The van der Waals surface area contributed by atoms with E-state index in [4.69, 9.17) is 9.15 Å². The number of nitrogens with zero attached hydrogens (tertiary/aromatic N) is 1. The summed E-state index contributed by atoms with van der Waals surface area (Å²) in [5.74, 6) is 1.70. The quantitative estimate of drug-likeness (QED) is 0.789. The standard InChI is InChI=1S/C17H14N2O3/c1-12-11-18-17(21-12)16(20)19-13-7-9-15(10-8-13)22-14-5-3-2-4-6-14/h2-11H,1H3,(H,19,20). The van der Waals surface area contributed by atoms with E-state index in [1.807, 2.05) is 30.3 Å².